The summed E-state index contributed by atoms with van der Waals surface area (Å²) in [5.74, 6) is 0. The summed E-state index contributed by atoms with van der Waals surface area (Å²) in [6, 6.07) is 7.05. The summed E-state index contributed by atoms with van der Waals surface area (Å²) < 4.78 is 0. The smallest absolute Gasteiger partial charge is 0.0231 e. The summed E-state index contributed by atoms with van der Waals surface area (Å²) in [7, 11) is 2.21. The highest BCUT2D eigenvalue weighted by Crippen LogP contribution is 2.23. The third-order valence-corrected chi connectivity index (χ3v) is 3.71. The highest BCUT2D eigenvalue weighted by atomic mass is 15.1. The molecule has 1 N–H and O–H groups in total. The minimum atomic E-state index is 1.07. The van der Waals surface area contributed by atoms with Crippen molar-refractivity contribution < 1.29 is 0 Å². The zero-order chi connectivity index (χ0) is 12.8. The Morgan fingerprint density at radius 1 is 1.17 bits per heavy atom. The lowest BCUT2D eigenvalue weighted by Gasteiger charge is -2.17. The molecule has 0 aliphatic heterocycles. The maximum atomic E-state index is 3.45. The first-order valence-corrected chi connectivity index (χ1v) is 7.29. The fourth-order valence-electron chi connectivity index (χ4n) is 2.69. The Balaban J connectivity index is 1.78. The van der Waals surface area contributed by atoms with E-state index in [9.17, 15) is 0 Å². The number of hydrogen-bond acceptors (Lipinski definition) is 2. The number of rotatable bonds is 7. The molecule has 1 aliphatic rings. The van der Waals surface area contributed by atoms with Crippen LogP contribution < -0.4 is 5.32 Å². The number of hydrogen-bond donors (Lipinski definition) is 1. The fraction of sp³-hybridized carbons (Fsp3) is 0.625. The SMILES string of the molecule is CCCNCCN(C)Cc1ccc2c(c1)CCC2. The quantitative estimate of drug-likeness (QED) is 0.744. The van der Waals surface area contributed by atoms with Crippen LogP contribution in [0.2, 0.25) is 0 Å². The number of aryl methyl sites for hydroxylation is 2. The van der Waals surface area contributed by atoms with E-state index >= 15 is 0 Å². The Hall–Kier alpha value is -0.860. The van der Waals surface area contributed by atoms with E-state index in [0.717, 1.165) is 26.2 Å². The summed E-state index contributed by atoms with van der Waals surface area (Å²) >= 11 is 0. The molecule has 2 rings (SSSR count). The van der Waals surface area contributed by atoms with E-state index in [2.05, 4.69) is 42.4 Å². The minimum absolute atomic E-state index is 1.07. The van der Waals surface area contributed by atoms with Crippen LogP contribution in [0.3, 0.4) is 0 Å². The van der Waals surface area contributed by atoms with Crippen LogP contribution >= 0.6 is 0 Å². The Morgan fingerprint density at radius 2 is 2.00 bits per heavy atom. The second kappa shape index (κ2) is 6.91. The fourth-order valence-corrected chi connectivity index (χ4v) is 2.69. The van der Waals surface area contributed by atoms with Crippen LogP contribution in [0.25, 0.3) is 0 Å². The lowest BCUT2D eigenvalue weighted by Crippen LogP contribution is -2.29. The topological polar surface area (TPSA) is 15.3 Å². The van der Waals surface area contributed by atoms with Crippen LogP contribution in [0.15, 0.2) is 18.2 Å². The molecular weight excluding hydrogens is 220 g/mol. The summed E-state index contributed by atoms with van der Waals surface area (Å²) in [5, 5.41) is 3.45. The largest absolute Gasteiger partial charge is 0.315 e. The van der Waals surface area contributed by atoms with E-state index in [1.54, 1.807) is 11.1 Å². The second-order valence-electron chi connectivity index (χ2n) is 5.44. The van der Waals surface area contributed by atoms with Crippen molar-refractivity contribution in [3.8, 4) is 0 Å². The van der Waals surface area contributed by atoms with Gasteiger partial charge in [-0.3, -0.25) is 0 Å². The molecule has 0 radical (unpaired) electrons. The molecule has 2 heteroatoms. The van der Waals surface area contributed by atoms with Gasteiger partial charge in [-0.15, -0.1) is 0 Å². The predicted octanol–water partition coefficient (Wildman–Crippen LogP) is 2.61. The molecule has 0 aromatic heterocycles. The van der Waals surface area contributed by atoms with Crippen LogP contribution in [-0.4, -0.2) is 31.6 Å². The summed E-state index contributed by atoms with van der Waals surface area (Å²) in [4.78, 5) is 2.40. The Kier molecular flexibility index (Phi) is 5.21. The number of nitrogens with one attached hydrogen (secondary N) is 1. The van der Waals surface area contributed by atoms with Crippen LogP contribution in [0.5, 0.6) is 0 Å². The van der Waals surface area contributed by atoms with E-state index in [1.165, 1.54) is 31.2 Å². The first kappa shape index (κ1) is 13.6. The molecule has 100 valence electrons. The van der Waals surface area contributed by atoms with Gasteiger partial charge in [-0.2, -0.15) is 0 Å². The molecule has 0 spiro atoms. The van der Waals surface area contributed by atoms with Gasteiger partial charge in [0.05, 0.1) is 0 Å². The summed E-state index contributed by atoms with van der Waals surface area (Å²) in [5.41, 5.74) is 4.63. The van der Waals surface area contributed by atoms with Crippen LogP contribution in [0.4, 0.5) is 0 Å². The highest BCUT2D eigenvalue weighted by Gasteiger charge is 2.11. The molecule has 1 aliphatic carbocycles. The van der Waals surface area contributed by atoms with Crippen molar-refractivity contribution in [2.45, 2.75) is 39.2 Å². The number of likely N-dealkylation sites (N-methyl/N-ethyl adjacent to an activating group) is 1. The van der Waals surface area contributed by atoms with Gasteiger partial charge in [0.15, 0.2) is 0 Å². The molecule has 0 saturated heterocycles. The van der Waals surface area contributed by atoms with Crippen molar-refractivity contribution in [3.05, 3.63) is 34.9 Å². The van der Waals surface area contributed by atoms with Crippen LogP contribution in [-0.2, 0) is 19.4 Å². The number of fused-ring (bicyclic) bond motifs is 1. The average molecular weight is 246 g/mol. The lowest BCUT2D eigenvalue weighted by atomic mass is 10.1. The monoisotopic (exact) mass is 246 g/mol. The first-order valence-electron chi connectivity index (χ1n) is 7.29. The predicted molar refractivity (Wildman–Crippen MR) is 78.0 cm³/mol. The molecule has 2 nitrogen and oxygen atoms in total. The first-order chi connectivity index (χ1) is 8.79. The van der Waals surface area contributed by atoms with Gasteiger partial charge in [0.1, 0.15) is 0 Å². The van der Waals surface area contributed by atoms with Crippen molar-refractivity contribution in [3.63, 3.8) is 0 Å². The molecule has 0 heterocycles. The maximum Gasteiger partial charge on any atom is 0.0231 e. The minimum Gasteiger partial charge on any atom is -0.315 e. The van der Waals surface area contributed by atoms with E-state index in [0.29, 0.717) is 0 Å². The number of benzene rings is 1. The van der Waals surface area contributed by atoms with Crippen molar-refractivity contribution in [2.75, 3.05) is 26.7 Å². The molecule has 0 saturated carbocycles. The van der Waals surface area contributed by atoms with Gasteiger partial charge in [0, 0.05) is 19.6 Å². The summed E-state index contributed by atoms with van der Waals surface area (Å²) in [6.45, 7) is 6.63. The normalized spacial score (nSPS) is 14.2. The molecular formula is C16H26N2. The van der Waals surface area contributed by atoms with Crippen molar-refractivity contribution in [1.29, 1.82) is 0 Å². The van der Waals surface area contributed by atoms with Crippen molar-refractivity contribution in [2.24, 2.45) is 0 Å². The molecule has 0 unspecified atom stereocenters. The average Bonchev–Trinajstić information content (AvgIpc) is 2.82. The molecule has 18 heavy (non-hydrogen) atoms. The molecule has 0 amide bonds. The number of nitrogens with zero attached hydrogens (tertiary/aromatic N) is 1. The standard InChI is InChI=1S/C16H26N2/c1-3-9-17-10-11-18(2)13-14-7-8-15-5-4-6-16(15)12-14/h7-8,12,17H,3-6,9-11,13H2,1-2H3. The molecule has 0 atom stereocenters. The van der Waals surface area contributed by atoms with Gasteiger partial charge in [-0.1, -0.05) is 25.1 Å². The van der Waals surface area contributed by atoms with Crippen molar-refractivity contribution >= 4 is 0 Å². The molecule has 0 bridgehead atoms. The molecule has 0 fully saturated rings. The maximum absolute atomic E-state index is 3.45. The third kappa shape index (κ3) is 3.82. The van der Waals surface area contributed by atoms with Crippen LogP contribution in [0.1, 0.15) is 36.5 Å². The van der Waals surface area contributed by atoms with Gasteiger partial charge in [-0.25, -0.2) is 0 Å². The Bertz CT molecular complexity index is 373. The van der Waals surface area contributed by atoms with E-state index in [-0.39, 0.29) is 0 Å². The molecule has 1 aromatic carbocycles. The third-order valence-electron chi connectivity index (χ3n) is 3.71. The zero-order valence-corrected chi connectivity index (χ0v) is 11.8. The van der Waals surface area contributed by atoms with Crippen molar-refractivity contribution in [1.82, 2.24) is 10.2 Å². The zero-order valence-electron chi connectivity index (χ0n) is 11.8. The van der Waals surface area contributed by atoms with E-state index < -0.39 is 0 Å². The Labute approximate surface area is 111 Å². The van der Waals surface area contributed by atoms with Gasteiger partial charge in [-0.05, 0) is 56.0 Å². The molecule has 1 aromatic rings. The van der Waals surface area contributed by atoms with Gasteiger partial charge < -0.3 is 10.2 Å². The highest BCUT2D eigenvalue weighted by molar-refractivity contribution is 5.35. The van der Waals surface area contributed by atoms with Gasteiger partial charge in [0.25, 0.3) is 0 Å². The van der Waals surface area contributed by atoms with E-state index in [1.807, 2.05) is 0 Å². The van der Waals surface area contributed by atoms with Gasteiger partial charge >= 0.3 is 0 Å². The van der Waals surface area contributed by atoms with Gasteiger partial charge in [0.2, 0.25) is 0 Å². The summed E-state index contributed by atoms with van der Waals surface area (Å²) in [6.07, 6.45) is 5.13. The second-order valence-corrected chi connectivity index (χ2v) is 5.44. The van der Waals surface area contributed by atoms with E-state index in [4.69, 9.17) is 0 Å². The van der Waals surface area contributed by atoms with Crippen LogP contribution in [0, 0.1) is 0 Å². The lowest BCUT2D eigenvalue weighted by molar-refractivity contribution is 0.324. The Morgan fingerprint density at radius 3 is 2.83 bits per heavy atom.